The van der Waals surface area contributed by atoms with Crippen molar-refractivity contribution in [3.05, 3.63) is 35.9 Å². The molecule has 11 amide bonds. The van der Waals surface area contributed by atoms with Gasteiger partial charge in [0, 0.05) is 5.75 Å². The van der Waals surface area contributed by atoms with Gasteiger partial charge >= 0.3 is 5.97 Å². The zero-order chi connectivity index (χ0) is 66.6. The Kier molecular flexibility index (Phi) is 35.1. The maximum Gasteiger partial charge on any atom is 0.326 e. The third-order valence-electron chi connectivity index (χ3n) is 14.9. The molecule has 0 bridgehead atoms. The molecule has 0 aliphatic heterocycles. The van der Waals surface area contributed by atoms with E-state index in [1.54, 1.807) is 113 Å². The molecule has 87 heavy (non-hydrogen) atoms. The number of aliphatic hydroxyl groups is 2. The summed E-state index contributed by atoms with van der Waals surface area (Å²) in [5, 5.41) is 57.7. The molecule has 0 spiro atoms. The van der Waals surface area contributed by atoms with Crippen LogP contribution in [0.3, 0.4) is 0 Å². The second-order valence-corrected chi connectivity index (χ2v) is 23.9. The fourth-order valence-corrected chi connectivity index (χ4v) is 8.98. The van der Waals surface area contributed by atoms with Gasteiger partial charge in [-0.2, -0.15) is 12.6 Å². The average molecular weight is 1250 g/mol. The summed E-state index contributed by atoms with van der Waals surface area (Å²) in [5.41, 5.74) is 6.78. The van der Waals surface area contributed by atoms with Gasteiger partial charge in [0.2, 0.25) is 65.0 Å². The Labute approximate surface area is 517 Å². The average Bonchev–Trinajstić information content (AvgIpc) is 3.59. The lowest BCUT2D eigenvalue weighted by molar-refractivity contribution is -0.143. The molecule has 0 heterocycles. The van der Waals surface area contributed by atoms with E-state index in [0.717, 1.165) is 5.56 Å². The van der Waals surface area contributed by atoms with Crippen LogP contribution in [0.2, 0.25) is 0 Å². The van der Waals surface area contributed by atoms with E-state index in [4.69, 9.17) is 5.73 Å². The Hall–Kier alpha value is -6.91. The van der Waals surface area contributed by atoms with Gasteiger partial charge in [0.05, 0.1) is 19.3 Å². The van der Waals surface area contributed by atoms with Crippen molar-refractivity contribution < 1.29 is 72.9 Å². The zero-order valence-corrected chi connectivity index (χ0v) is 53.8. The fraction of sp³-hybridized carbons (Fsp3) is 0.695. The van der Waals surface area contributed by atoms with Crippen LogP contribution in [0.5, 0.6) is 0 Å². The molecule has 0 aromatic heterocycles. The monoisotopic (exact) mass is 1250 g/mol. The lowest BCUT2D eigenvalue weighted by Gasteiger charge is -2.31. The van der Waals surface area contributed by atoms with Gasteiger partial charge in [-0.05, 0) is 74.2 Å². The zero-order valence-electron chi connectivity index (χ0n) is 52.9. The second-order valence-electron chi connectivity index (χ2n) is 23.6. The van der Waals surface area contributed by atoms with Crippen LogP contribution in [0.1, 0.15) is 135 Å². The Balaban J connectivity index is 3.21. The van der Waals surface area contributed by atoms with Crippen LogP contribution in [0.4, 0.5) is 0 Å². The third-order valence-corrected chi connectivity index (χ3v) is 15.2. The SMILES string of the molecule is CC[C@H](C)[C@H](NC(=O)[C@H](C)NC(=O)[C@@H](NC(=O)[C@H](CO)NC(=O)[C@H](CO)NC(=O)[C@@H](N)Cc1ccccc1)[C@@H](C)CC)C(=O)N[C@H](C(=O)N[C@@H](CS)C(=O)N[C@@H](CC(C)C)C(=O)N[C@@H](C)C(=O)N[C@H](C(=O)N[C@@H](CC(C)C)C(=O)O)C(C)C)[C@@H](C)CC. The van der Waals surface area contributed by atoms with Crippen molar-refractivity contribution in [2.45, 2.75) is 208 Å². The van der Waals surface area contributed by atoms with Gasteiger partial charge in [-0.3, -0.25) is 52.7 Å². The Bertz CT molecular complexity index is 2460. The first-order valence-electron chi connectivity index (χ1n) is 29.9. The number of aliphatic carboxylic acids is 1. The number of hydrogen-bond acceptors (Lipinski definition) is 16. The molecule has 15 atom stereocenters. The Morgan fingerprint density at radius 3 is 1.16 bits per heavy atom. The van der Waals surface area contributed by atoms with Crippen LogP contribution in [0.25, 0.3) is 0 Å². The summed E-state index contributed by atoms with van der Waals surface area (Å²) in [5.74, 6) is -12.9. The number of carboxylic acids is 1. The van der Waals surface area contributed by atoms with E-state index < -0.39 is 180 Å². The van der Waals surface area contributed by atoms with Crippen molar-refractivity contribution in [2.75, 3.05) is 19.0 Å². The highest BCUT2D eigenvalue weighted by molar-refractivity contribution is 7.80. The topological polar surface area (TPSA) is 424 Å². The quantitative estimate of drug-likeness (QED) is 0.0345. The molecule has 1 aromatic carbocycles. The number of amides is 11. The molecule has 0 radical (unpaired) electrons. The molecular weight excluding hydrogens is 1150 g/mol. The number of nitrogens with two attached hydrogens (primary N) is 1. The molecule has 27 nitrogen and oxygen atoms in total. The van der Waals surface area contributed by atoms with Crippen molar-refractivity contribution in [3.63, 3.8) is 0 Å². The minimum absolute atomic E-state index is 0.0536. The first-order chi connectivity index (χ1) is 40.7. The Morgan fingerprint density at radius 2 is 0.736 bits per heavy atom. The molecule has 0 fully saturated rings. The first kappa shape index (κ1) is 78.1. The largest absolute Gasteiger partial charge is 0.480 e. The fourth-order valence-electron chi connectivity index (χ4n) is 8.73. The molecule has 0 aliphatic carbocycles. The Morgan fingerprint density at radius 1 is 0.414 bits per heavy atom. The van der Waals surface area contributed by atoms with Crippen LogP contribution in [-0.2, 0) is 64.0 Å². The van der Waals surface area contributed by atoms with Gasteiger partial charge in [0.25, 0.3) is 0 Å². The molecule has 0 unspecified atom stereocenters. The summed E-state index contributed by atoms with van der Waals surface area (Å²) in [4.78, 5) is 162. The lowest BCUT2D eigenvalue weighted by atomic mass is 9.94. The number of nitrogens with one attached hydrogen (secondary N) is 11. The normalized spacial score (nSPS) is 16.6. The summed E-state index contributed by atoms with van der Waals surface area (Å²) in [6.45, 7) is 21.6. The molecule has 492 valence electrons. The lowest BCUT2D eigenvalue weighted by Crippen LogP contribution is -2.62. The van der Waals surface area contributed by atoms with Gasteiger partial charge in [-0.15, -0.1) is 0 Å². The highest BCUT2D eigenvalue weighted by Crippen LogP contribution is 2.16. The van der Waals surface area contributed by atoms with Crippen molar-refractivity contribution in [2.24, 2.45) is 41.2 Å². The van der Waals surface area contributed by atoms with E-state index >= 15 is 0 Å². The maximum atomic E-state index is 14.2. The summed E-state index contributed by atoms with van der Waals surface area (Å²) in [6, 6.07) is -6.88. The van der Waals surface area contributed by atoms with Gasteiger partial charge in [0.1, 0.15) is 66.5 Å². The molecule has 0 saturated carbocycles. The summed E-state index contributed by atoms with van der Waals surface area (Å²) in [7, 11) is 0. The number of carbonyl (C=O) groups excluding carboxylic acids is 11. The van der Waals surface area contributed by atoms with Gasteiger partial charge < -0.3 is 79.5 Å². The molecule has 16 N–H and O–H groups in total. The van der Waals surface area contributed by atoms with E-state index in [1.807, 2.05) is 0 Å². The predicted octanol–water partition coefficient (Wildman–Crippen LogP) is -1.19. The van der Waals surface area contributed by atoms with Crippen molar-refractivity contribution in [1.29, 1.82) is 0 Å². The summed E-state index contributed by atoms with van der Waals surface area (Å²) in [6.07, 6.45) is 1.41. The number of benzene rings is 1. The standard InChI is InChI=1S/C59H100N12O15S/c1-15-32(10)45(70-53(79)42(27-73)66-52(78)41(26-72)65-50(76)38(60)25-37-21-19-18-20-22-37)56(82)62-36(14)49(75)69-47(34(12)17-3)58(84)71-46(33(11)16-2)57(83)67-43(28-87)54(80)63-39(23-29(4)5)51(77)61-35(13)48(74)68-44(31(8)9)55(81)64-40(59(85)86)24-30(6)7/h18-22,29-36,38-47,72-73,87H,15-17,23-28,60H2,1-14H3,(H,61,77)(H,62,82)(H,63,80)(H,64,81)(H,65,76)(H,66,78)(H,67,83)(H,68,74)(H,69,75)(H,70,79)(H,71,84)(H,85,86)/t32-,33-,34-,35-,36-,38-,39-,40-,41-,42-,43-,44-,45-,46-,47-/m0/s1. The third kappa shape index (κ3) is 26.5. The summed E-state index contributed by atoms with van der Waals surface area (Å²) < 4.78 is 0. The number of hydrogen-bond donors (Lipinski definition) is 16. The van der Waals surface area contributed by atoms with Crippen molar-refractivity contribution >= 4 is 83.6 Å². The molecule has 1 rings (SSSR count). The van der Waals surface area contributed by atoms with E-state index in [9.17, 15) is 72.9 Å². The second kappa shape index (κ2) is 39.1. The number of carbonyl (C=O) groups is 12. The van der Waals surface area contributed by atoms with E-state index in [0.29, 0.717) is 19.3 Å². The maximum absolute atomic E-state index is 14.2. The van der Waals surface area contributed by atoms with Gasteiger partial charge in [-0.1, -0.05) is 133 Å². The predicted molar refractivity (Wildman–Crippen MR) is 328 cm³/mol. The minimum atomic E-state index is -1.66. The number of carboxylic acid groups (broad SMARTS) is 1. The van der Waals surface area contributed by atoms with E-state index in [1.165, 1.54) is 13.8 Å². The van der Waals surface area contributed by atoms with Crippen LogP contribution in [0, 0.1) is 35.5 Å². The van der Waals surface area contributed by atoms with Gasteiger partial charge in [0.15, 0.2) is 0 Å². The first-order valence-corrected chi connectivity index (χ1v) is 30.5. The van der Waals surface area contributed by atoms with Crippen molar-refractivity contribution in [3.8, 4) is 0 Å². The molecule has 0 saturated heterocycles. The molecular formula is C59H100N12O15S. The molecule has 0 aliphatic rings. The van der Waals surface area contributed by atoms with E-state index in [2.05, 4.69) is 71.1 Å². The van der Waals surface area contributed by atoms with Crippen LogP contribution < -0.4 is 64.2 Å². The van der Waals surface area contributed by atoms with Crippen LogP contribution >= 0.6 is 12.6 Å². The minimum Gasteiger partial charge on any atom is -0.480 e. The molecule has 28 heteroatoms. The van der Waals surface area contributed by atoms with Crippen molar-refractivity contribution in [1.82, 2.24) is 58.5 Å². The summed E-state index contributed by atoms with van der Waals surface area (Å²) >= 11 is 4.31. The highest BCUT2D eigenvalue weighted by Gasteiger charge is 2.38. The van der Waals surface area contributed by atoms with Gasteiger partial charge in [-0.25, -0.2) is 4.79 Å². The number of aliphatic hydroxyl groups excluding tert-OH is 2. The smallest absolute Gasteiger partial charge is 0.326 e. The number of thiol groups is 1. The highest BCUT2D eigenvalue weighted by atomic mass is 32.1. The van der Waals surface area contributed by atoms with Crippen LogP contribution in [0.15, 0.2) is 30.3 Å². The van der Waals surface area contributed by atoms with Crippen LogP contribution in [-0.4, -0.2) is 178 Å². The number of rotatable bonds is 39. The van der Waals surface area contributed by atoms with E-state index in [-0.39, 0.29) is 36.9 Å². The molecule has 1 aromatic rings.